The number of hydrogen-bond donors (Lipinski definition) is 1. The van der Waals surface area contributed by atoms with Crippen molar-refractivity contribution in [3.05, 3.63) is 71.3 Å². The van der Waals surface area contributed by atoms with E-state index in [-0.39, 0.29) is 6.04 Å². The van der Waals surface area contributed by atoms with E-state index < -0.39 is 11.6 Å². The number of likely N-dealkylation sites (tertiary alicyclic amines) is 1. The van der Waals surface area contributed by atoms with Gasteiger partial charge >= 0.3 is 0 Å². The highest BCUT2D eigenvalue weighted by Crippen LogP contribution is 2.42. The first kappa shape index (κ1) is 25.0. The third kappa shape index (κ3) is 4.37. The van der Waals surface area contributed by atoms with Gasteiger partial charge in [0.15, 0.2) is 5.82 Å². The van der Waals surface area contributed by atoms with E-state index in [4.69, 9.17) is 0 Å². The van der Waals surface area contributed by atoms with Gasteiger partial charge in [-0.1, -0.05) is 6.92 Å². The van der Waals surface area contributed by atoms with Crippen LogP contribution >= 0.6 is 0 Å². The molecule has 38 heavy (non-hydrogen) atoms. The maximum atomic E-state index is 15.0. The summed E-state index contributed by atoms with van der Waals surface area (Å²) in [6.45, 7) is 12.3. The molecule has 9 heteroatoms. The average molecular weight is 518 g/mol. The highest BCUT2D eigenvalue weighted by molar-refractivity contribution is 5.83. The Morgan fingerprint density at radius 2 is 1.87 bits per heavy atom. The molecule has 0 amide bonds. The molecule has 0 spiro atoms. The van der Waals surface area contributed by atoms with E-state index in [0.29, 0.717) is 51.6 Å². The van der Waals surface area contributed by atoms with E-state index >= 15 is 0 Å². The zero-order valence-electron chi connectivity index (χ0n) is 22.3. The van der Waals surface area contributed by atoms with E-state index in [1.165, 1.54) is 18.7 Å². The first-order chi connectivity index (χ1) is 18.2. The van der Waals surface area contributed by atoms with Crippen LogP contribution < -0.4 is 5.32 Å². The van der Waals surface area contributed by atoms with Crippen LogP contribution in [0.3, 0.4) is 0 Å². The van der Waals surface area contributed by atoms with Crippen LogP contribution in [0.2, 0.25) is 0 Å². The number of pyridine rings is 1. The summed E-state index contributed by atoms with van der Waals surface area (Å²) < 4.78 is 31.9. The highest BCUT2D eigenvalue weighted by atomic mass is 19.1. The zero-order chi connectivity index (χ0) is 26.6. The molecule has 3 aromatic heterocycles. The normalized spacial score (nSPS) is 21.6. The molecule has 1 aromatic carbocycles. The topological polar surface area (TPSA) is 71.8 Å². The molecule has 198 valence electrons. The van der Waals surface area contributed by atoms with Crippen molar-refractivity contribution in [2.45, 2.75) is 59.2 Å². The lowest BCUT2D eigenvalue weighted by atomic mass is 9.69. The molecule has 6 rings (SSSR count). The molecule has 4 aromatic rings. The van der Waals surface area contributed by atoms with Crippen LogP contribution in [0.25, 0.3) is 22.2 Å². The number of hydrogen-bond acceptors (Lipinski definition) is 6. The fourth-order valence-electron chi connectivity index (χ4n) is 6.23. The number of aromatic nitrogens is 5. The molecular formula is C29H33F2N7. The number of nitrogens with one attached hydrogen (secondary N) is 1. The molecule has 1 N–H and O–H groups in total. The van der Waals surface area contributed by atoms with Crippen LogP contribution in [0.4, 0.5) is 8.78 Å². The monoisotopic (exact) mass is 517 g/mol. The predicted octanol–water partition coefficient (Wildman–Crippen LogP) is 4.83. The van der Waals surface area contributed by atoms with Crippen molar-refractivity contribution >= 4 is 11.0 Å². The number of fused-ring (bicyclic) bond motifs is 2. The summed E-state index contributed by atoms with van der Waals surface area (Å²) in [7, 11) is 0. The van der Waals surface area contributed by atoms with E-state index in [9.17, 15) is 8.78 Å². The molecule has 2 aliphatic heterocycles. The van der Waals surface area contributed by atoms with Crippen LogP contribution in [0.1, 0.15) is 56.1 Å². The largest absolute Gasteiger partial charge is 0.326 e. The Morgan fingerprint density at radius 1 is 1.08 bits per heavy atom. The number of rotatable bonds is 6. The van der Waals surface area contributed by atoms with Gasteiger partial charge in [-0.25, -0.2) is 23.7 Å². The SMILES string of the molecule is Cc1nc2c(F)cc(-c3cc(Cc4ncc(CN5CC6(C)CCNCC56)cn4)ncc3F)cc2n1C(C)C. The van der Waals surface area contributed by atoms with Gasteiger partial charge in [0.05, 0.1) is 18.1 Å². The first-order valence-corrected chi connectivity index (χ1v) is 13.3. The number of halogens is 2. The summed E-state index contributed by atoms with van der Waals surface area (Å²) in [5, 5.41) is 3.50. The summed E-state index contributed by atoms with van der Waals surface area (Å²) in [6.07, 6.45) is 6.51. The number of aryl methyl sites for hydroxylation is 1. The Hall–Kier alpha value is -3.30. The quantitative estimate of drug-likeness (QED) is 0.395. The summed E-state index contributed by atoms with van der Waals surface area (Å²) in [5.74, 6) is 0.362. The van der Waals surface area contributed by atoms with Crippen LogP contribution in [-0.4, -0.2) is 55.1 Å². The first-order valence-electron chi connectivity index (χ1n) is 13.3. The van der Waals surface area contributed by atoms with Crippen molar-refractivity contribution in [3.8, 4) is 11.1 Å². The van der Waals surface area contributed by atoms with Crippen molar-refractivity contribution in [1.29, 1.82) is 0 Å². The second-order valence-electron chi connectivity index (χ2n) is 11.3. The summed E-state index contributed by atoms with van der Waals surface area (Å²) >= 11 is 0. The van der Waals surface area contributed by atoms with Gasteiger partial charge < -0.3 is 9.88 Å². The van der Waals surface area contributed by atoms with Gasteiger partial charge in [0.25, 0.3) is 0 Å². The van der Waals surface area contributed by atoms with Crippen LogP contribution in [0.5, 0.6) is 0 Å². The molecule has 2 aliphatic rings. The third-order valence-electron chi connectivity index (χ3n) is 8.17. The number of nitrogens with zero attached hydrogens (tertiary/aromatic N) is 6. The molecule has 2 unspecified atom stereocenters. The third-order valence-corrected chi connectivity index (χ3v) is 8.17. The molecule has 0 aliphatic carbocycles. The minimum Gasteiger partial charge on any atom is -0.326 e. The molecule has 2 saturated heterocycles. The van der Waals surface area contributed by atoms with E-state index in [1.807, 2.05) is 37.7 Å². The average Bonchev–Trinajstić information content (AvgIpc) is 3.22. The van der Waals surface area contributed by atoms with E-state index in [1.54, 1.807) is 12.1 Å². The Labute approximate surface area is 221 Å². The van der Waals surface area contributed by atoms with Gasteiger partial charge in [-0.2, -0.15) is 0 Å². The van der Waals surface area contributed by atoms with Crippen LogP contribution in [0, 0.1) is 24.0 Å². The fraction of sp³-hybridized carbons (Fsp3) is 0.448. The second kappa shape index (κ2) is 9.47. The fourth-order valence-corrected chi connectivity index (χ4v) is 6.23. The van der Waals surface area contributed by atoms with Crippen LogP contribution in [-0.2, 0) is 13.0 Å². The lowest BCUT2D eigenvalue weighted by molar-refractivity contribution is -0.0863. The smallest absolute Gasteiger partial charge is 0.151 e. The summed E-state index contributed by atoms with van der Waals surface area (Å²) in [6, 6.07) is 5.46. The highest BCUT2D eigenvalue weighted by Gasteiger charge is 2.49. The Balaban J connectivity index is 1.21. The molecule has 0 bridgehead atoms. The van der Waals surface area contributed by atoms with Gasteiger partial charge in [-0.15, -0.1) is 0 Å². The van der Waals surface area contributed by atoms with Crippen molar-refractivity contribution in [2.24, 2.45) is 5.41 Å². The zero-order valence-corrected chi connectivity index (χ0v) is 22.3. The standard InChI is InChI=1S/C29H33F2N7/c1-17(2)38-18(3)36-28-23(30)7-20(8-25(28)38)22-9-21(33-13-24(22)31)10-27-34-11-19(12-35-27)15-37-16-29(4)5-6-32-14-26(29)37/h7-9,11-13,17,26,32H,5-6,10,14-16H2,1-4H3. The van der Waals surface area contributed by atoms with Gasteiger partial charge in [-0.3, -0.25) is 9.88 Å². The van der Waals surface area contributed by atoms with E-state index in [2.05, 4.69) is 37.1 Å². The maximum Gasteiger partial charge on any atom is 0.151 e. The molecule has 2 atom stereocenters. The number of benzene rings is 1. The molecular weight excluding hydrogens is 484 g/mol. The van der Waals surface area contributed by atoms with Gasteiger partial charge in [0.1, 0.15) is 23.0 Å². The maximum absolute atomic E-state index is 15.0. The predicted molar refractivity (Wildman–Crippen MR) is 143 cm³/mol. The summed E-state index contributed by atoms with van der Waals surface area (Å²) in [4.78, 5) is 20.3. The number of imidazole rings is 1. The lowest BCUT2D eigenvalue weighted by Crippen LogP contribution is -2.69. The minimum atomic E-state index is -0.505. The Morgan fingerprint density at radius 3 is 2.61 bits per heavy atom. The lowest BCUT2D eigenvalue weighted by Gasteiger charge is -2.58. The van der Waals surface area contributed by atoms with Crippen molar-refractivity contribution in [2.75, 3.05) is 19.6 Å². The van der Waals surface area contributed by atoms with Crippen molar-refractivity contribution in [1.82, 2.24) is 34.7 Å². The Kier molecular flexibility index (Phi) is 6.23. The van der Waals surface area contributed by atoms with Crippen molar-refractivity contribution in [3.63, 3.8) is 0 Å². The van der Waals surface area contributed by atoms with Crippen molar-refractivity contribution < 1.29 is 8.78 Å². The molecule has 0 radical (unpaired) electrons. The van der Waals surface area contributed by atoms with E-state index in [0.717, 1.165) is 37.6 Å². The van der Waals surface area contributed by atoms with Gasteiger partial charge in [0.2, 0.25) is 0 Å². The number of piperidine rings is 1. The Bertz CT molecular complexity index is 1500. The molecule has 2 fully saturated rings. The molecule has 0 saturated carbocycles. The van der Waals surface area contributed by atoms with Gasteiger partial charge in [0, 0.05) is 60.9 Å². The minimum absolute atomic E-state index is 0.0950. The second-order valence-corrected chi connectivity index (χ2v) is 11.3. The van der Waals surface area contributed by atoms with Crippen LogP contribution in [0.15, 0.2) is 36.8 Å². The summed E-state index contributed by atoms with van der Waals surface area (Å²) in [5.41, 5.74) is 3.81. The molecule has 7 nitrogen and oxygen atoms in total. The molecule has 5 heterocycles. The van der Waals surface area contributed by atoms with Gasteiger partial charge in [-0.05, 0) is 62.9 Å².